The summed E-state index contributed by atoms with van der Waals surface area (Å²) in [5.74, 6) is 0.144. The van der Waals surface area contributed by atoms with Gasteiger partial charge >= 0.3 is 0 Å². The summed E-state index contributed by atoms with van der Waals surface area (Å²) in [6.45, 7) is 2.22. The normalized spacial score (nSPS) is 17.0. The van der Waals surface area contributed by atoms with Gasteiger partial charge in [-0.3, -0.25) is 0 Å². The van der Waals surface area contributed by atoms with E-state index in [-0.39, 0.29) is 5.84 Å². The number of oxime groups is 1. The van der Waals surface area contributed by atoms with Crippen molar-refractivity contribution < 1.29 is 9.94 Å². The van der Waals surface area contributed by atoms with Gasteiger partial charge in [-0.2, -0.15) is 0 Å². The van der Waals surface area contributed by atoms with Crippen molar-refractivity contribution in [2.75, 3.05) is 13.2 Å². The summed E-state index contributed by atoms with van der Waals surface area (Å²) in [7, 11) is 0. The molecule has 1 aliphatic carbocycles. The summed E-state index contributed by atoms with van der Waals surface area (Å²) >= 11 is 0. The molecule has 2 rings (SSSR count). The molecular formula is C16H25N3O2. The fraction of sp³-hybridized carbons (Fsp3) is 0.562. The Bertz CT molecular complexity index is 457. The summed E-state index contributed by atoms with van der Waals surface area (Å²) in [5, 5.41) is 15.2. The van der Waals surface area contributed by atoms with Crippen molar-refractivity contribution in [3.63, 3.8) is 0 Å². The lowest BCUT2D eigenvalue weighted by Crippen LogP contribution is -2.25. The summed E-state index contributed by atoms with van der Waals surface area (Å²) in [6, 6.07) is 7.65. The summed E-state index contributed by atoms with van der Waals surface area (Å²) in [4.78, 5) is 0. The van der Waals surface area contributed by atoms with E-state index in [0.29, 0.717) is 12.6 Å². The Kier molecular flexibility index (Phi) is 6.50. The van der Waals surface area contributed by atoms with Crippen LogP contribution in [0.15, 0.2) is 29.4 Å². The SMILES string of the molecule is NC(=NO)c1ccccc1CNCCOC1CCCCC1. The summed E-state index contributed by atoms with van der Waals surface area (Å²) in [5.41, 5.74) is 7.45. The lowest BCUT2D eigenvalue weighted by atomic mass is 9.98. The number of hydrogen-bond acceptors (Lipinski definition) is 4. The first-order valence-corrected chi connectivity index (χ1v) is 7.69. The van der Waals surface area contributed by atoms with Gasteiger partial charge in [0, 0.05) is 18.7 Å². The third-order valence-electron chi connectivity index (χ3n) is 3.90. The van der Waals surface area contributed by atoms with Crippen LogP contribution in [0.5, 0.6) is 0 Å². The Labute approximate surface area is 126 Å². The summed E-state index contributed by atoms with van der Waals surface area (Å²) in [6.07, 6.45) is 6.79. The van der Waals surface area contributed by atoms with E-state index in [1.807, 2.05) is 24.3 Å². The highest BCUT2D eigenvalue weighted by Gasteiger charge is 2.13. The van der Waals surface area contributed by atoms with Crippen molar-refractivity contribution in [3.8, 4) is 0 Å². The molecule has 1 aromatic rings. The zero-order chi connectivity index (χ0) is 14.9. The highest BCUT2D eigenvalue weighted by Crippen LogP contribution is 2.19. The number of rotatable bonds is 7. The monoisotopic (exact) mass is 291 g/mol. The number of hydrogen-bond donors (Lipinski definition) is 3. The van der Waals surface area contributed by atoms with E-state index in [2.05, 4.69) is 10.5 Å². The number of amidine groups is 1. The Balaban J connectivity index is 1.71. The molecular weight excluding hydrogens is 266 g/mol. The van der Waals surface area contributed by atoms with Crippen LogP contribution in [0.2, 0.25) is 0 Å². The number of ether oxygens (including phenoxy) is 1. The van der Waals surface area contributed by atoms with E-state index in [1.54, 1.807) is 0 Å². The number of nitrogens with one attached hydrogen (secondary N) is 1. The third kappa shape index (κ3) is 5.02. The second-order valence-corrected chi connectivity index (χ2v) is 5.45. The topological polar surface area (TPSA) is 79.9 Å². The van der Waals surface area contributed by atoms with Gasteiger partial charge in [-0.15, -0.1) is 0 Å². The van der Waals surface area contributed by atoms with Gasteiger partial charge in [-0.1, -0.05) is 48.7 Å². The van der Waals surface area contributed by atoms with Crippen LogP contribution in [-0.4, -0.2) is 30.3 Å². The zero-order valence-electron chi connectivity index (χ0n) is 12.4. The summed E-state index contributed by atoms with van der Waals surface area (Å²) < 4.78 is 5.87. The van der Waals surface area contributed by atoms with Gasteiger partial charge in [0.2, 0.25) is 0 Å². The predicted molar refractivity (Wildman–Crippen MR) is 83.5 cm³/mol. The highest BCUT2D eigenvalue weighted by atomic mass is 16.5. The number of nitrogens with two attached hydrogens (primary N) is 1. The van der Waals surface area contributed by atoms with E-state index in [9.17, 15) is 0 Å². The third-order valence-corrected chi connectivity index (χ3v) is 3.90. The molecule has 0 saturated heterocycles. The second-order valence-electron chi connectivity index (χ2n) is 5.45. The molecule has 0 spiro atoms. The quantitative estimate of drug-likeness (QED) is 0.237. The fourth-order valence-corrected chi connectivity index (χ4v) is 2.73. The molecule has 5 heteroatoms. The van der Waals surface area contributed by atoms with Gasteiger partial charge in [-0.05, 0) is 18.4 Å². The first kappa shape index (κ1) is 15.8. The standard InChI is InChI=1S/C16H25N3O2/c17-16(19-20)15-9-5-4-6-13(15)12-18-10-11-21-14-7-2-1-3-8-14/h4-6,9,14,18,20H,1-3,7-8,10-12H2,(H2,17,19). The first-order valence-electron chi connectivity index (χ1n) is 7.69. The van der Waals surface area contributed by atoms with Crippen molar-refractivity contribution in [2.24, 2.45) is 10.9 Å². The van der Waals surface area contributed by atoms with Gasteiger partial charge in [-0.25, -0.2) is 0 Å². The van der Waals surface area contributed by atoms with Gasteiger partial charge in [0.1, 0.15) is 0 Å². The number of benzene rings is 1. The maximum Gasteiger partial charge on any atom is 0.170 e. The maximum atomic E-state index is 8.79. The second kappa shape index (κ2) is 8.64. The Morgan fingerprint density at radius 3 is 2.81 bits per heavy atom. The largest absolute Gasteiger partial charge is 0.409 e. The van der Waals surface area contributed by atoms with Crippen LogP contribution in [0, 0.1) is 0 Å². The predicted octanol–water partition coefficient (Wildman–Crippen LogP) is 2.22. The molecule has 0 aliphatic heterocycles. The fourth-order valence-electron chi connectivity index (χ4n) is 2.73. The molecule has 1 fully saturated rings. The van der Waals surface area contributed by atoms with Crippen LogP contribution in [0.25, 0.3) is 0 Å². The minimum Gasteiger partial charge on any atom is -0.409 e. The number of nitrogens with zero attached hydrogens (tertiary/aromatic N) is 1. The molecule has 4 N–H and O–H groups in total. The van der Waals surface area contributed by atoms with Crippen molar-refractivity contribution in [1.82, 2.24) is 5.32 Å². The van der Waals surface area contributed by atoms with Crippen molar-refractivity contribution in [3.05, 3.63) is 35.4 Å². The van der Waals surface area contributed by atoms with E-state index >= 15 is 0 Å². The molecule has 1 aromatic carbocycles. The van der Waals surface area contributed by atoms with E-state index in [0.717, 1.165) is 24.3 Å². The van der Waals surface area contributed by atoms with Crippen LogP contribution in [-0.2, 0) is 11.3 Å². The Hall–Kier alpha value is -1.59. The lowest BCUT2D eigenvalue weighted by Gasteiger charge is -2.22. The highest BCUT2D eigenvalue weighted by molar-refractivity contribution is 5.98. The van der Waals surface area contributed by atoms with Gasteiger partial charge in [0.25, 0.3) is 0 Å². The zero-order valence-corrected chi connectivity index (χ0v) is 12.4. The van der Waals surface area contributed by atoms with Gasteiger partial charge in [0.05, 0.1) is 12.7 Å². The van der Waals surface area contributed by atoms with Crippen molar-refractivity contribution in [1.29, 1.82) is 0 Å². The molecule has 1 aliphatic rings. The molecule has 21 heavy (non-hydrogen) atoms. The Morgan fingerprint density at radius 1 is 1.29 bits per heavy atom. The molecule has 1 saturated carbocycles. The van der Waals surface area contributed by atoms with Crippen LogP contribution in [0.4, 0.5) is 0 Å². The minimum absolute atomic E-state index is 0.144. The van der Waals surface area contributed by atoms with Crippen LogP contribution >= 0.6 is 0 Å². The van der Waals surface area contributed by atoms with Crippen LogP contribution in [0.1, 0.15) is 43.2 Å². The molecule has 116 valence electrons. The van der Waals surface area contributed by atoms with Crippen LogP contribution < -0.4 is 11.1 Å². The molecule has 0 amide bonds. The van der Waals surface area contributed by atoms with E-state index in [1.165, 1.54) is 32.1 Å². The van der Waals surface area contributed by atoms with Gasteiger partial charge in [0.15, 0.2) is 5.84 Å². The van der Waals surface area contributed by atoms with Crippen molar-refractivity contribution in [2.45, 2.75) is 44.8 Å². The molecule has 0 unspecified atom stereocenters. The van der Waals surface area contributed by atoms with Gasteiger partial charge < -0.3 is 21.0 Å². The maximum absolute atomic E-state index is 8.79. The molecule has 0 heterocycles. The van der Waals surface area contributed by atoms with E-state index in [4.69, 9.17) is 15.7 Å². The van der Waals surface area contributed by atoms with E-state index < -0.39 is 0 Å². The van der Waals surface area contributed by atoms with Crippen molar-refractivity contribution >= 4 is 5.84 Å². The average Bonchev–Trinajstić information content (AvgIpc) is 2.55. The smallest absolute Gasteiger partial charge is 0.170 e. The molecule has 0 aromatic heterocycles. The molecule has 0 atom stereocenters. The molecule has 5 nitrogen and oxygen atoms in total. The Morgan fingerprint density at radius 2 is 2.05 bits per heavy atom. The van der Waals surface area contributed by atoms with Crippen LogP contribution in [0.3, 0.4) is 0 Å². The minimum atomic E-state index is 0.144. The molecule has 0 radical (unpaired) electrons. The molecule has 0 bridgehead atoms. The lowest BCUT2D eigenvalue weighted by molar-refractivity contribution is 0.0302. The average molecular weight is 291 g/mol. The first-order chi connectivity index (χ1) is 10.3.